The SMILES string of the molecule is CNC(c1ccoc1)c1ccc(Cl)cc1C. The summed E-state index contributed by atoms with van der Waals surface area (Å²) < 4.78 is 5.12. The van der Waals surface area contributed by atoms with Crippen LogP contribution in [0, 0.1) is 6.92 Å². The van der Waals surface area contributed by atoms with Crippen molar-refractivity contribution in [1.29, 1.82) is 0 Å². The molecule has 16 heavy (non-hydrogen) atoms. The molecule has 1 unspecified atom stereocenters. The van der Waals surface area contributed by atoms with Gasteiger partial charge in [0.25, 0.3) is 0 Å². The molecule has 0 spiro atoms. The Morgan fingerprint density at radius 3 is 2.69 bits per heavy atom. The molecule has 3 heteroatoms. The number of aryl methyl sites for hydroxylation is 1. The number of hydrogen-bond donors (Lipinski definition) is 1. The monoisotopic (exact) mass is 235 g/mol. The minimum atomic E-state index is 0.149. The van der Waals surface area contributed by atoms with E-state index in [0.717, 1.165) is 10.6 Å². The second-order valence-electron chi connectivity index (χ2n) is 3.78. The molecule has 84 valence electrons. The van der Waals surface area contributed by atoms with E-state index < -0.39 is 0 Å². The molecule has 2 rings (SSSR count). The van der Waals surface area contributed by atoms with Crippen LogP contribution >= 0.6 is 11.6 Å². The first kappa shape index (κ1) is 11.2. The van der Waals surface area contributed by atoms with Gasteiger partial charge in [0.2, 0.25) is 0 Å². The Bertz CT molecular complexity index is 465. The van der Waals surface area contributed by atoms with E-state index in [1.807, 2.05) is 31.3 Å². The summed E-state index contributed by atoms with van der Waals surface area (Å²) in [5.41, 5.74) is 3.51. The van der Waals surface area contributed by atoms with Crippen molar-refractivity contribution in [3.63, 3.8) is 0 Å². The Hall–Kier alpha value is -1.25. The fourth-order valence-electron chi connectivity index (χ4n) is 1.90. The van der Waals surface area contributed by atoms with Crippen molar-refractivity contribution in [2.24, 2.45) is 0 Å². The Morgan fingerprint density at radius 2 is 2.12 bits per heavy atom. The molecule has 0 aliphatic rings. The van der Waals surface area contributed by atoms with Gasteiger partial charge in [-0.3, -0.25) is 0 Å². The van der Waals surface area contributed by atoms with Crippen molar-refractivity contribution in [2.75, 3.05) is 7.05 Å². The highest BCUT2D eigenvalue weighted by Gasteiger charge is 2.15. The highest BCUT2D eigenvalue weighted by Crippen LogP contribution is 2.26. The predicted molar refractivity (Wildman–Crippen MR) is 65.8 cm³/mol. The maximum absolute atomic E-state index is 5.95. The largest absolute Gasteiger partial charge is 0.472 e. The summed E-state index contributed by atoms with van der Waals surface area (Å²) in [5.74, 6) is 0. The van der Waals surface area contributed by atoms with E-state index in [1.54, 1.807) is 12.5 Å². The number of rotatable bonds is 3. The van der Waals surface area contributed by atoms with Crippen LogP contribution in [0.5, 0.6) is 0 Å². The third-order valence-corrected chi connectivity index (χ3v) is 2.94. The average Bonchev–Trinajstić information content (AvgIpc) is 2.75. The lowest BCUT2D eigenvalue weighted by molar-refractivity contribution is 0.557. The lowest BCUT2D eigenvalue weighted by Gasteiger charge is -2.17. The first-order chi connectivity index (χ1) is 7.72. The lowest BCUT2D eigenvalue weighted by atomic mass is 9.97. The predicted octanol–water partition coefficient (Wildman–Crippen LogP) is 3.55. The van der Waals surface area contributed by atoms with Gasteiger partial charge in [-0.25, -0.2) is 0 Å². The molecule has 0 bridgehead atoms. The Kier molecular flexibility index (Phi) is 3.32. The molecule has 2 aromatic rings. The van der Waals surface area contributed by atoms with Crippen molar-refractivity contribution >= 4 is 11.6 Å². The molecule has 1 aromatic carbocycles. The molecule has 0 saturated heterocycles. The summed E-state index contributed by atoms with van der Waals surface area (Å²) in [7, 11) is 1.94. The van der Waals surface area contributed by atoms with Gasteiger partial charge in [-0.15, -0.1) is 0 Å². The molecule has 0 aliphatic heterocycles. The zero-order valence-electron chi connectivity index (χ0n) is 9.33. The lowest BCUT2D eigenvalue weighted by Crippen LogP contribution is -2.17. The van der Waals surface area contributed by atoms with Gasteiger partial charge in [0.1, 0.15) is 0 Å². The van der Waals surface area contributed by atoms with E-state index in [-0.39, 0.29) is 6.04 Å². The molecular weight excluding hydrogens is 222 g/mol. The van der Waals surface area contributed by atoms with Crippen molar-refractivity contribution in [2.45, 2.75) is 13.0 Å². The molecule has 0 radical (unpaired) electrons. The smallest absolute Gasteiger partial charge is 0.0953 e. The highest BCUT2D eigenvalue weighted by molar-refractivity contribution is 6.30. The van der Waals surface area contributed by atoms with E-state index in [4.69, 9.17) is 16.0 Å². The fourth-order valence-corrected chi connectivity index (χ4v) is 2.13. The van der Waals surface area contributed by atoms with Crippen molar-refractivity contribution in [3.8, 4) is 0 Å². The fraction of sp³-hybridized carbons (Fsp3) is 0.231. The standard InChI is InChI=1S/C13H14ClNO/c1-9-7-11(14)3-4-12(9)13(15-2)10-5-6-16-8-10/h3-8,13,15H,1-2H3. The van der Waals surface area contributed by atoms with E-state index >= 15 is 0 Å². The Balaban J connectivity index is 2.41. The number of halogens is 1. The second kappa shape index (κ2) is 4.73. The summed E-state index contributed by atoms with van der Waals surface area (Å²) >= 11 is 5.95. The summed E-state index contributed by atoms with van der Waals surface area (Å²) in [4.78, 5) is 0. The average molecular weight is 236 g/mol. The van der Waals surface area contributed by atoms with E-state index in [0.29, 0.717) is 0 Å². The quantitative estimate of drug-likeness (QED) is 0.880. The zero-order chi connectivity index (χ0) is 11.5. The molecule has 0 amide bonds. The maximum Gasteiger partial charge on any atom is 0.0953 e. The van der Waals surface area contributed by atoms with Gasteiger partial charge >= 0.3 is 0 Å². The first-order valence-electron chi connectivity index (χ1n) is 5.18. The van der Waals surface area contributed by atoms with Crippen molar-refractivity contribution in [3.05, 3.63) is 58.5 Å². The summed E-state index contributed by atoms with van der Waals surface area (Å²) in [5, 5.41) is 4.04. The van der Waals surface area contributed by atoms with Gasteiger partial charge in [-0.05, 0) is 43.3 Å². The molecule has 1 aromatic heterocycles. The third kappa shape index (κ3) is 2.13. The van der Waals surface area contributed by atoms with Crippen LogP contribution in [0.1, 0.15) is 22.7 Å². The Labute approximate surface area is 100 Å². The normalized spacial score (nSPS) is 12.7. The third-order valence-electron chi connectivity index (χ3n) is 2.71. The Morgan fingerprint density at radius 1 is 1.31 bits per heavy atom. The van der Waals surface area contributed by atoms with Crippen LogP contribution in [0.25, 0.3) is 0 Å². The van der Waals surface area contributed by atoms with Gasteiger partial charge in [-0.1, -0.05) is 17.7 Å². The minimum Gasteiger partial charge on any atom is -0.472 e. The van der Waals surface area contributed by atoms with Gasteiger partial charge in [0.05, 0.1) is 18.6 Å². The number of furan rings is 1. The van der Waals surface area contributed by atoms with Crippen molar-refractivity contribution in [1.82, 2.24) is 5.32 Å². The molecule has 0 aliphatic carbocycles. The van der Waals surface area contributed by atoms with Gasteiger partial charge < -0.3 is 9.73 Å². The zero-order valence-corrected chi connectivity index (χ0v) is 10.1. The van der Waals surface area contributed by atoms with E-state index in [1.165, 1.54) is 11.1 Å². The summed E-state index contributed by atoms with van der Waals surface area (Å²) in [6, 6.07) is 8.05. The number of hydrogen-bond acceptors (Lipinski definition) is 2. The molecule has 1 heterocycles. The van der Waals surface area contributed by atoms with Crippen LogP contribution < -0.4 is 5.32 Å². The summed E-state index contributed by atoms with van der Waals surface area (Å²) in [6.07, 6.45) is 3.44. The van der Waals surface area contributed by atoms with Crippen LogP contribution in [0.2, 0.25) is 5.02 Å². The number of nitrogens with one attached hydrogen (secondary N) is 1. The minimum absolute atomic E-state index is 0.149. The highest BCUT2D eigenvalue weighted by atomic mass is 35.5. The van der Waals surface area contributed by atoms with Gasteiger partial charge in [0.15, 0.2) is 0 Å². The first-order valence-corrected chi connectivity index (χ1v) is 5.55. The van der Waals surface area contributed by atoms with E-state index in [2.05, 4.69) is 12.2 Å². The topological polar surface area (TPSA) is 25.2 Å². The van der Waals surface area contributed by atoms with E-state index in [9.17, 15) is 0 Å². The van der Waals surface area contributed by atoms with Crippen molar-refractivity contribution < 1.29 is 4.42 Å². The molecule has 2 nitrogen and oxygen atoms in total. The van der Waals surface area contributed by atoms with Crippen LogP contribution in [-0.2, 0) is 0 Å². The molecule has 0 saturated carbocycles. The van der Waals surface area contributed by atoms with Gasteiger partial charge in [-0.2, -0.15) is 0 Å². The molecule has 1 N–H and O–H groups in total. The second-order valence-corrected chi connectivity index (χ2v) is 4.22. The maximum atomic E-state index is 5.95. The molecular formula is C13H14ClNO. The summed E-state index contributed by atoms with van der Waals surface area (Å²) in [6.45, 7) is 2.06. The van der Waals surface area contributed by atoms with Crippen LogP contribution in [-0.4, -0.2) is 7.05 Å². The molecule has 0 fully saturated rings. The molecule has 1 atom stereocenters. The van der Waals surface area contributed by atoms with Crippen LogP contribution in [0.15, 0.2) is 41.2 Å². The van der Waals surface area contributed by atoms with Crippen LogP contribution in [0.3, 0.4) is 0 Å². The number of benzene rings is 1. The van der Waals surface area contributed by atoms with Crippen LogP contribution in [0.4, 0.5) is 0 Å². The van der Waals surface area contributed by atoms with Gasteiger partial charge in [0, 0.05) is 10.6 Å².